The van der Waals surface area contributed by atoms with Gasteiger partial charge in [-0.1, -0.05) is 30.3 Å². The van der Waals surface area contributed by atoms with Gasteiger partial charge in [-0.2, -0.15) is 4.90 Å². The number of nitrogens with zero attached hydrogens (tertiary/aromatic N) is 3. The summed E-state index contributed by atoms with van der Waals surface area (Å²) in [7, 11) is 2.98. The molecule has 3 rings (SSSR count). The van der Waals surface area contributed by atoms with Gasteiger partial charge in [-0.05, 0) is 18.6 Å². The van der Waals surface area contributed by atoms with Crippen LogP contribution in [-0.2, 0) is 25.7 Å². The van der Waals surface area contributed by atoms with Crippen LogP contribution in [0.3, 0.4) is 0 Å². The van der Waals surface area contributed by atoms with Gasteiger partial charge in [0, 0.05) is 7.05 Å². The number of fused-ring (bicyclic) bond motifs is 1. The number of urea groups is 1. The van der Waals surface area contributed by atoms with Crippen LogP contribution in [0.2, 0.25) is 0 Å². The van der Waals surface area contributed by atoms with E-state index in [2.05, 4.69) is 5.32 Å². The Bertz CT molecular complexity index is 922. The molecule has 4 amide bonds. The van der Waals surface area contributed by atoms with Crippen LogP contribution in [0.15, 0.2) is 42.1 Å². The first-order valence-electron chi connectivity index (χ1n) is 9.24. The second-order valence-corrected chi connectivity index (χ2v) is 6.69. The fourth-order valence-corrected chi connectivity index (χ4v) is 3.40. The molecule has 1 aromatic rings. The van der Waals surface area contributed by atoms with Gasteiger partial charge in [0.25, 0.3) is 17.6 Å². The number of benzene rings is 1. The summed E-state index contributed by atoms with van der Waals surface area (Å²) >= 11 is 0. The average molecular weight is 399 g/mol. The first kappa shape index (κ1) is 20.2. The summed E-state index contributed by atoms with van der Waals surface area (Å²) < 4.78 is 6.47. The lowest BCUT2D eigenvalue weighted by atomic mass is 10.0. The van der Waals surface area contributed by atoms with Crippen molar-refractivity contribution in [1.82, 2.24) is 15.1 Å². The molecule has 0 spiro atoms. The number of amides is 4. The van der Waals surface area contributed by atoms with E-state index in [0.29, 0.717) is 12.4 Å². The lowest BCUT2D eigenvalue weighted by Crippen LogP contribution is -2.57. The van der Waals surface area contributed by atoms with E-state index in [0.717, 1.165) is 10.5 Å². The third-order valence-corrected chi connectivity index (χ3v) is 4.80. The highest BCUT2D eigenvalue weighted by atomic mass is 16.5. The Balaban J connectivity index is 1.96. The van der Waals surface area contributed by atoms with Crippen molar-refractivity contribution in [3.63, 3.8) is 0 Å². The van der Waals surface area contributed by atoms with Crippen LogP contribution < -0.4 is 5.32 Å². The van der Waals surface area contributed by atoms with E-state index < -0.39 is 29.7 Å². The number of ether oxygens (including phenoxy) is 1. The van der Waals surface area contributed by atoms with E-state index in [1.807, 2.05) is 30.3 Å². The van der Waals surface area contributed by atoms with E-state index in [-0.39, 0.29) is 18.8 Å². The first-order chi connectivity index (χ1) is 13.8. The molecule has 1 N–H and O–H groups in total. The molecule has 0 aromatic heterocycles. The zero-order valence-electron chi connectivity index (χ0n) is 16.5. The van der Waals surface area contributed by atoms with Crippen molar-refractivity contribution in [3.05, 3.63) is 47.7 Å². The summed E-state index contributed by atoms with van der Waals surface area (Å²) in [4.78, 5) is 51.9. The standard InChI is InChI=1S/C20H22N4O5/c1-4-29-16(25)11-21-17(26)15-10-14-18(22(2)20(28)23(3)19(14)27)24(15)12-13-8-6-5-7-9-13/h5-10,14H,4,11-12H2,1-3H3/p+1. The third-order valence-electron chi connectivity index (χ3n) is 4.80. The minimum absolute atomic E-state index is 0.210. The van der Waals surface area contributed by atoms with E-state index in [4.69, 9.17) is 4.74 Å². The fourth-order valence-electron chi connectivity index (χ4n) is 3.40. The molecule has 1 fully saturated rings. The summed E-state index contributed by atoms with van der Waals surface area (Å²) in [6.45, 7) is 1.90. The summed E-state index contributed by atoms with van der Waals surface area (Å²) in [5.74, 6) is -1.82. The van der Waals surface area contributed by atoms with Crippen LogP contribution in [-0.4, -0.2) is 71.3 Å². The Morgan fingerprint density at radius 1 is 1.14 bits per heavy atom. The molecule has 152 valence electrons. The zero-order valence-corrected chi connectivity index (χ0v) is 16.5. The normalized spacial score (nSPS) is 18.6. The molecular weight excluding hydrogens is 376 g/mol. The van der Waals surface area contributed by atoms with Gasteiger partial charge in [0.15, 0.2) is 11.6 Å². The largest absolute Gasteiger partial charge is 0.465 e. The molecule has 9 nitrogen and oxygen atoms in total. The van der Waals surface area contributed by atoms with Gasteiger partial charge < -0.3 is 10.1 Å². The highest BCUT2D eigenvalue weighted by Crippen LogP contribution is 2.27. The molecule has 0 bridgehead atoms. The monoisotopic (exact) mass is 399 g/mol. The number of amidine groups is 1. The van der Waals surface area contributed by atoms with Crippen LogP contribution in [0.4, 0.5) is 4.79 Å². The quantitative estimate of drug-likeness (QED) is 0.549. The van der Waals surface area contributed by atoms with E-state index >= 15 is 0 Å². The molecule has 1 unspecified atom stereocenters. The topological polar surface area (TPSA) is 99.0 Å². The van der Waals surface area contributed by atoms with Gasteiger partial charge in [-0.3, -0.25) is 14.4 Å². The van der Waals surface area contributed by atoms with Crippen LogP contribution in [0.25, 0.3) is 0 Å². The molecule has 1 saturated heterocycles. The molecular formula is C20H23N4O5+. The average Bonchev–Trinajstić information content (AvgIpc) is 3.09. The zero-order chi connectivity index (χ0) is 21.1. The van der Waals surface area contributed by atoms with Gasteiger partial charge >= 0.3 is 12.0 Å². The number of carbonyl (C=O) groups is 4. The van der Waals surface area contributed by atoms with Gasteiger partial charge in [-0.25, -0.2) is 14.3 Å². The number of rotatable bonds is 6. The van der Waals surface area contributed by atoms with Crippen LogP contribution in [0.1, 0.15) is 12.5 Å². The van der Waals surface area contributed by atoms with Gasteiger partial charge in [0.2, 0.25) is 0 Å². The number of nitrogens with one attached hydrogen (secondary N) is 1. The smallest absolute Gasteiger partial charge is 0.417 e. The highest BCUT2D eigenvalue weighted by molar-refractivity contribution is 6.19. The minimum atomic E-state index is -0.755. The fraction of sp³-hybridized carbons (Fsp3) is 0.350. The third kappa shape index (κ3) is 3.89. The Morgan fingerprint density at radius 2 is 1.83 bits per heavy atom. The van der Waals surface area contributed by atoms with Crippen molar-refractivity contribution < 1.29 is 28.5 Å². The van der Waals surface area contributed by atoms with E-state index in [1.165, 1.54) is 18.0 Å². The predicted octanol–water partition coefficient (Wildman–Crippen LogP) is 0.314. The number of hydrogen-bond acceptors (Lipinski definition) is 5. The van der Waals surface area contributed by atoms with Crippen molar-refractivity contribution >= 4 is 29.7 Å². The van der Waals surface area contributed by atoms with E-state index in [9.17, 15) is 19.2 Å². The van der Waals surface area contributed by atoms with Crippen molar-refractivity contribution in [3.8, 4) is 0 Å². The van der Waals surface area contributed by atoms with Crippen molar-refractivity contribution in [2.75, 3.05) is 27.2 Å². The van der Waals surface area contributed by atoms with Crippen molar-refractivity contribution in [2.45, 2.75) is 13.5 Å². The predicted molar refractivity (Wildman–Crippen MR) is 103 cm³/mol. The highest BCUT2D eigenvalue weighted by Gasteiger charge is 2.51. The summed E-state index contributed by atoms with van der Waals surface area (Å²) in [6.07, 6.45) is 1.53. The molecule has 1 aromatic carbocycles. The van der Waals surface area contributed by atoms with Gasteiger partial charge in [0.05, 0.1) is 13.7 Å². The maximum atomic E-state index is 12.8. The van der Waals surface area contributed by atoms with Gasteiger partial charge in [-0.15, -0.1) is 0 Å². The van der Waals surface area contributed by atoms with E-state index in [1.54, 1.807) is 18.5 Å². The van der Waals surface area contributed by atoms with Crippen molar-refractivity contribution in [1.29, 1.82) is 0 Å². The molecule has 1 atom stereocenters. The summed E-state index contributed by atoms with van der Waals surface area (Å²) in [6, 6.07) is 8.92. The summed E-state index contributed by atoms with van der Waals surface area (Å²) in [5, 5.41) is 2.52. The molecule has 29 heavy (non-hydrogen) atoms. The Kier molecular flexibility index (Phi) is 5.76. The molecule has 0 aliphatic carbocycles. The molecule has 2 aliphatic heterocycles. The van der Waals surface area contributed by atoms with Gasteiger partial charge in [0.1, 0.15) is 13.1 Å². The molecule has 2 aliphatic rings. The van der Waals surface area contributed by atoms with Crippen LogP contribution in [0.5, 0.6) is 0 Å². The SMILES string of the molecule is CCOC(=O)CNC(=O)C1=CC2C(=O)N(C)C(=O)N(C)C2=[N+]1Cc1ccccc1. The maximum Gasteiger partial charge on any atom is 0.417 e. The number of esters is 1. The Labute approximate surface area is 168 Å². The Hall–Kier alpha value is -3.49. The number of carbonyl (C=O) groups excluding carboxylic acids is 4. The van der Waals surface area contributed by atoms with Crippen LogP contribution in [0, 0.1) is 5.92 Å². The van der Waals surface area contributed by atoms with Crippen LogP contribution >= 0.6 is 0 Å². The molecule has 0 saturated carbocycles. The molecule has 9 heteroatoms. The number of imide groups is 1. The lowest BCUT2D eigenvalue weighted by Gasteiger charge is -2.27. The molecule has 2 heterocycles. The lowest BCUT2D eigenvalue weighted by molar-refractivity contribution is -0.490. The second-order valence-electron chi connectivity index (χ2n) is 6.69. The maximum absolute atomic E-state index is 12.8. The number of hydrogen-bond donors (Lipinski definition) is 1. The molecule has 0 radical (unpaired) electrons. The second kappa shape index (κ2) is 8.26. The van der Waals surface area contributed by atoms with Crippen molar-refractivity contribution in [2.24, 2.45) is 5.92 Å². The Morgan fingerprint density at radius 3 is 2.48 bits per heavy atom. The summed E-state index contributed by atoms with van der Waals surface area (Å²) in [5.41, 5.74) is 1.11. The first-order valence-corrected chi connectivity index (χ1v) is 9.24. The minimum Gasteiger partial charge on any atom is -0.465 e.